The van der Waals surface area contributed by atoms with Gasteiger partial charge in [0, 0.05) is 24.4 Å². The third-order valence-electron chi connectivity index (χ3n) is 4.78. The van der Waals surface area contributed by atoms with Crippen LogP contribution in [-0.2, 0) is 19.3 Å². The second kappa shape index (κ2) is 9.63. The Labute approximate surface area is 158 Å². The predicted octanol–water partition coefficient (Wildman–Crippen LogP) is 4.73. The van der Waals surface area contributed by atoms with Crippen molar-refractivity contribution in [3.05, 3.63) is 59.2 Å². The highest BCUT2D eigenvalue weighted by Crippen LogP contribution is 2.24. The van der Waals surface area contributed by atoms with E-state index in [-0.39, 0.29) is 6.61 Å². The third-order valence-corrected chi connectivity index (χ3v) is 4.78. The molecule has 2 aromatic rings. The first-order chi connectivity index (χ1) is 12.4. The molecule has 0 aliphatic heterocycles. The molecule has 2 rings (SSSR count). The van der Waals surface area contributed by atoms with Crippen molar-refractivity contribution < 1.29 is 10.2 Å². The molecule has 0 saturated heterocycles. The molecule has 0 aliphatic rings. The molecule has 0 unspecified atom stereocenters. The molecule has 142 valence electrons. The van der Waals surface area contributed by atoms with Gasteiger partial charge < -0.3 is 15.1 Å². The van der Waals surface area contributed by atoms with Crippen LogP contribution in [0.5, 0.6) is 5.75 Å². The van der Waals surface area contributed by atoms with E-state index in [2.05, 4.69) is 56.9 Å². The van der Waals surface area contributed by atoms with E-state index in [1.54, 1.807) is 6.07 Å². The van der Waals surface area contributed by atoms with Gasteiger partial charge in [-0.25, -0.2) is 0 Å². The Morgan fingerprint density at radius 3 is 2.19 bits per heavy atom. The fraction of sp³-hybridized carbons (Fsp3) is 0.478. The summed E-state index contributed by atoms with van der Waals surface area (Å²) in [6.07, 6.45) is 3.45. The Kier molecular flexibility index (Phi) is 7.52. The first-order valence-corrected chi connectivity index (χ1v) is 9.71. The number of aryl methyl sites for hydroxylation is 2. The second-order valence-electron chi connectivity index (χ2n) is 7.55. The molecule has 0 aromatic heterocycles. The molecule has 0 aliphatic carbocycles. The van der Waals surface area contributed by atoms with Crippen LogP contribution in [0.4, 0.5) is 5.69 Å². The van der Waals surface area contributed by atoms with Crippen LogP contribution in [0.15, 0.2) is 42.5 Å². The van der Waals surface area contributed by atoms with E-state index in [0.29, 0.717) is 24.3 Å². The van der Waals surface area contributed by atoms with Crippen LogP contribution in [0.3, 0.4) is 0 Å². The largest absolute Gasteiger partial charge is 0.508 e. The summed E-state index contributed by atoms with van der Waals surface area (Å²) in [5, 5.41) is 19.2. The fourth-order valence-electron chi connectivity index (χ4n) is 3.67. The van der Waals surface area contributed by atoms with Crippen molar-refractivity contribution in [2.75, 3.05) is 11.5 Å². The van der Waals surface area contributed by atoms with Gasteiger partial charge in [-0.2, -0.15) is 0 Å². The molecular weight excluding hydrogens is 322 g/mol. The Morgan fingerprint density at radius 2 is 1.54 bits per heavy atom. The molecule has 0 radical (unpaired) electrons. The maximum atomic E-state index is 10.1. The molecule has 0 amide bonds. The minimum Gasteiger partial charge on any atom is -0.508 e. The number of phenols is 1. The monoisotopic (exact) mass is 355 g/mol. The van der Waals surface area contributed by atoms with Gasteiger partial charge in [-0.3, -0.25) is 0 Å². The van der Waals surface area contributed by atoms with Crippen LogP contribution in [0.1, 0.15) is 50.8 Å². The highest BCUT2D eigenvalue weighted by Gasteiger charge is 2.14. The lowest BCUT2D eigenvalue weighted by Crippen LogP contribution is -2.36. The van der Waals surface area contributed by atoms with E-state index < -0.39 is 0 Å². The van der Waals surface area contributed by atoms with Gasteiger partial charge in [0.25, 0.3) is 0 Å². The van der Waals surface area contributed by atoms with Crippen molar-refractivity contribution in [3.8, 4) is 5.75 Å². The fourth-order valence-corrected chi connectivity index (χ4v) is 3.67. The van der Waals surface area contributed by atoms with E-state index in [4.69, 9.17) is 5.11 Å². The predicted molar refractivity (Wildman–Crippen MR) is 110 cm³/mol. The van der Waals surface area contributed by atoms with E-state index in [1.165, 1.54) is 11.3 Å². The van der Waals surface area contributed by atoms with Crippen LogP contribution in [0.25, 0.3) is 0 Å². The van der Waals surface area contributed by atoms with Crippen molar-refractivity contribution in [2.24, 2.45) is 0 Å². The van der Waals surface area contributed by atoms with Crippen molar-refractivity contribution in [2.45, 2.75) is 65.5 Å². The Morgan fingerprint density at radius 1 is 0.846 bits per heavy atom. The first kappa shape index (κ1) is 20.3. The first-order valence-electron chi connectivity index (χ1n) is 9.71. The van der Waals surface area contributed by atoms with Crippen LogP contribution >= 0.6 is 0 Å². The number of aromatic hydroxyl groups is 1. The minimum absolute atomic E-state index is 0.138. The summed E-state index contributed by atoms with van der Waals surface area (Å²) in [6.45, 7) is 9.06. The minimum atomic E-state index is 0.138. The van der Waals surface area contributed by atoms with Crippen LogP contribution < -0.4 is 4.90 Å². The smallest absolute Gasteiger partial charge is 0.118 e. The average Bonchev–Trinajstić information content (AvgIpc) is 2.57. The quantitative estimate of drug-likeness (QED) is 0.684. The number of nitrogens with zero attached hydrogens (tertiary/aromatic N) is 1. The Bertz CT molecular complexity index is 686. The number of aliphatic hydroxyl groups excluding tert-OH is 1. The molecule has 2 N–H and O–H groups in total. The zero-order valence-corrected chi connectivity index (χ0v) is 16.6. The third kappa shape index (κ3) is 5.50. The molecule has 0 atom stereocenters. The number of hydrogen-bond donors (Lipinski definition) is 2. The van der Waals surface area contributed by atoms with Gasteiger partial charge in [-0.05, 0) is 88.3 Å². The van der Waals surface area contributed by atoms with Gasteiger partial charge in [0.15, 0.2) is 0 Å². The molecule has 0 fully saturated rings. The molecule has 0 spiro atoms. The zero-order chi connectivity index (χ0) is 19.1. The summed E-state index contributed by atoms with van der Waals surface area (Å²) in [5.41, 5.74) is 4.66. The van der Waals surface area contributed by atoms with E-state index >= 15 is 0 Å². The van der Waals surface area contributed by atoms with Crippen LogP contribution in [0.2, 0.25) is 0 Å². The van der Waals surface area contributed by atoms with Gasteiger partial charge in [-0.1, -0.05) is 24.3 Å². The number of benzene rings is 2. The highest BCUT2D eigenvalue weighted by molar-refractivity contribution is 5.50. The lowest BCUT2D eigenvalue weighted by atomic mass is 10.00. The Hall–Kier alpha value is -2.00. The standard InChI is InChI=1S/C23H33NO2/c1-17(2)24(18(3)4)22-10-6-8-19(16-22)7-5-9-21-15-20(13-14-25)11-12-23(21)26/h6,8,10-12,15-18,25-26H,5,7,9,13-14H2,1-4H3. The van der Waals surface area contributed by atoms with Gasteiger partial charge in [0.1, 0.15) is 5.75 Å². The number of anilines is 1. The zero-order valence-electron chi connectivity index (χ0n) is 16.6. The molecule has 3 heteroatoms. The number of hydrogen-bond acceptors (Lipinski definition) is 3. The molecule has 0 bridgehead atoms. The Balaban J connectivity index is 2.02. The van der Waals surface area contributed by atoms with Crippen molar-refractivity contribution in [1.82, 2.24) is 0 Å². The summed E-state index contributed by atoms with van der Waals surface area (Å²) in [6, 6.07) is 15.4. The number of rotatable bonds is 9. The summed E-state index contributed by atoms with van der Waals surface area (Å²) >= 11 is 0. The average molecular weight is 356 g/mol. The maximum absolute atomic E-state index is 10.1. The van der Waals surface area contributed by atoms with Gasteiger partial charge in [0.2, 0.25) is 0 Å². The van der Waals surface area contributed by atoms with Gasteiger partial charge in [0.05, 0.1) is 0 Å². The maximum Gasteiger partial charge on any atom is 0.118 e. The van der Waals surface area contributed by atoms with Crippen molar-refractivity contribution in [3.63, 3.8) is 0 Å². The van der Waals surface area contributed by atoms with E-state index in [0.717, 1.165) is 30.4 Å². The van der Waals surface area contributed by atoms with E-state index in [9.17, 15) is 5.11 Å². The van der Waals surface area contributed by atoms with Gasteiger partial charge >= 0.3 is 0 Å². The molecular formula is C23H33NO2. The van der Waals surface area contributed by atoms with Gasteiger partial charge in [-0.15, -0.1) is 0 Å². The normalized spacial score (nSPS) is 11.3. The SMILES string of the molecule is CC(C)N(c1cccc(CCCc2cc(CCO)ccc2O)c1)C(C)C. The summed E-state index contributed by atoms with van der Waals surface area (Å²) < 4.78 is 0. The topological polar surface area (TPSA) is 43.7 Å². The van der Waals surface area contributed by atoms with Crippen molar-refractivity contribution in [1.29, 1.82) is 0 Å². The molecule has 0 saturated carbocycles. The lowest BCUT2D eigenvalue weighted by Gasteiger charge is -2.33. The number of aliphatic hydroxyl groups is 1. The molecule has 3 nitrogen and oxygen atoms in total. The second-order valence-corrected chi connectivity index (χ2v) is 7.55. The number of phenolic OH excluding ortho intramolecular Hbond substituents is 1. The molecule has 2 aromatic carbocycles. The van der Waals surface area contributed by atoms with Crippen LogP contribution in [0, 0.1) is 0 Å². The summed E-state index contributed by atoms with van der Waals surface area (Å²) in [7, 11) is 0. The summed E-state index contributed by atoms with van der Waals surface area (Å²) in [4.78, 5) is 2.44. The highest BCUT2D eigenvalue weighted by atomic mass is 16.3. The van der Waals surface area contributed by atoms with E-state index in [1.807, 2.05) is 12.1 Å². The molecule has 0 heterocycles. The lowest BCUT2D eigenvalue weighted by molar-refractivity contribution is 0.299. The molecule has 26 heavy (non-hydrogen) atoms. The van der Waals surface area contributed by atoms with Crippen molar-refractivity contribution >= 4 is 5.69 Å². The summed E-state index contributed by atoms with van der Waals surface area (Å²) in [5.74, 6) is 0.353. The van der Waals surface area contributed by atoms with Crippen LogP contribution in [-0.4, -0.2) is 28.9 Å².